The van der Waals surface area contributed by atoms with Gasteiger partial charge in [0, 0.05) is 0 Å². The van der Waals surface area contributed by atoms with Gasteiger partial charge in [0.05, 0.1) is 0 Å². The van der Waals surface area contributed by atoms with Crippen LogP contribution in [0.4, 0.5) is 0 Å². The molecule has 0 aromatic rings. The fraction of sp³-hybridized carbons (Fsp3) is 1.00. The van der Waals surface area contributed by atoms with Gasteiger partial charge < -0.3 is 0 Å². The van der Waals surface area contributed by atoms with Crippen LogP contribution in [0.2, 0.25) is 0 Å². The molecule has 1 rings (SSSR count). The molecule has 1 fully saturated rings. The fourth-order valence-electron chi connectivity index (χ4n) is 1.12. The van der Waals surface area contributed by atoms with Gasteiger partial charge in [0.15, 0.2) is 0 Å². The molecule has 0 heterocycles. The second-order valence-corrected chi connectivity index (χ2v) is 2.54. The molecule has 2 heteroatoms. The van der Waals surface area contributed by atoms with Gasteiger partial charge in [0.25, 0.3) is 0 Å². The maximum Gasteiger partial charge on any atom is 0.137 e. The van der Waals surface area contributed by atoms with E-state index in [0.717, 1.165) is 19.3 Å². The monoisotopic (exact) mass is 110 g/mol. The number of hydrogen-bond acceptors (Lipinski definition) is 0. The first-order valence-corrected chi connectivity index (χ1v) is 3.15. The first-order valence-electron chi connectivity index (χ1n) is 3.15. The highest BCUT2D eigenvalue weighted by atomic mass is 14.9. The third-order valence-corrected chi connectivity index (χ3v) is 1.65. The lowest BCUT2D eigenvalue weighted by atomic mass is 9.91. The normalized spacial score (nSPS) is 27.8. The van der Waals surface area contributed by atoms with Crippen LogP contribution in [0.1, 0.15) is 32.1 Å². The van der Waals surface area contributed by atoms with Gasteiger partial charge in [-0.3, -0.25) is 0 Å². The SMILES string of the molecule is [N]C1([N])CCCCC1. The van der Waals surface area contributed by atoms with Crippen molar-refractivity contribution in [3.63, 3.8) is 0 Å². The molecule has 1 aliphatic rings. The van der Waals surface area contributed by atoms with Crippen LogP contribution in [0, 0.1) is 0 Å². The summed E-state index contributed by atoms with van der Waals surface area (Å²) in [7, 11) is 0. The Hall–Kier alpha value is -0.0800. The number of rotatable bonds is 0. The van der Waals surface area contributed by atoms with E-state index in [9.17, 15) is 0 Å². The third kappa shape index (κ3) is 1.46. The molecule has 1 aliphatic carbocycles. The topological polar surface area (TPSA) is 44.6 Å². The smallest absolute Gasteiger partial charge is 0.117 e. The quantitative estimate of drug-likeness (QED) is 0.442. The minimum atomic E-state index is -1.32. The predicted molar refractivity (Wildman–Crippen MR) is 30.1 cm³/mol. The second-order valence-electron chi connectivity index (χ2n) is 2.54. The van der Waals surface area contributed by atoms with Crippen LogP contribution < -0.4 is 11.5 Å². The Bertz CT molecular complexity index is 70.6. The van der Waals surface area contributed by atoms with Crippen molar-refractivity contribution >= 4 is 0 Å². The molecule has 0 N–H and O–H groups in total. The van der Waals surface area contributed by atoms with E-state index in [0.29, 0.717) is 12.8 Å². The Morgan fingerprint density at radius 3 is 1.62 bits per heavy atom. The highest BCUT2D eigenvalue weighted by Gasteiger charge is 2.26. The van der Waals surface area contributed by atoms with Crippen molar-refractivity contribution in [2.45, 2.75) is 37.8 Å². The summed E-state index contributed by atoms with van der Waals surface area (Å²) in [5.74, 6) is 0. The molecule has 2 nitrogen and oxygen atoms in total. The molecule has 1 saturated carbocycles. The summed E-state index contributed by atoms with van der Waals surface area (Å²) in [6.07, 6.45) is 4.21. The Morgan fingerprint density at radius 1 is 0.875 bits per heavy atom. The van der Waals surface area contributed by atoms with E-state index in [4.69, 9.17) is 11.5 Å². The molecule has 0 spiro atoms. The van der Waals surface area contributed by atoms with E-state index in [1.165, 1.54) is 0 Å². The second kappa shape index (κ2) is 2.03. The summed E-state index contributed by atoms with van der Waals surface area (Å²) in [6, 6.07) is 0. The highest BCUT2D eigenvalue weighted by molar-refractivity contribution is 4.78. The zero-order valence-corrected chi connectivity index (χ0v) is 4.93. The largest absolute Gasteiger partial charge is 0.137 e. The molecule has 0 bridgehead atoms. The summed E-state index contributed by atoms with van der Waals surface area (Å²) in [6.45, 7) is 0. The Kier molecular flexibility index (Phi) is 1.54. The Balaban J connectivity index is 2.33. The van der Waals surface area contributed by atoms with Crippen molar-refractivity contribution in [1.29, 1.82) is 0 Å². The Morgan fingerprint density at radius 2 is 1.38 bits per heavy atom. The van der Waals surface area contributed by atoms with Crippen molar-refractivity contribution in [3.8, 4) is 0 Å². The van der Waals surface area contributed by atoms with E-state index < -0.39 is 5.66 Å². The van der Waals surface area contributed by atoms with Crippen LogP contribution in [0.15, 0.2) is 0 Å². The molecular weight excluding hydrogens is 100 g/mol. The van der Waals surface area contributed by atoms with E-state index in [1.807, 2.05) is 0 Å². The molecule has 44 valence electrons. The lowest BCUT2D eigenvalue weighted by Gasteiger charge is -2.22. The van der Waals surface area contributed by atoms with E-state index in [1.54, 1.807) is 0 Å². The van der Waals surface area contributed by atoms with Crippen LogP contribution in [0.25, 0.3) is 0 Å². The van der Waals surface area contributed by atoms with Gasteiger partial charge in [-0.2, -0.15) is 0 Å². The summed E-state index contributed by atoms with van der Waals surface area (Å²) in [5.41, 5.74) is 16.5. The van der Waals surface area contributed by atoms with Gasteiger partial charge >= 0.3 is 0 Å². The number of hydrogen-bond donors (Lipinski definition) is 0. The summed E-state index contributed by atoms with van der Waals surface area (Å²) < 4.78 is 0. The van der Waals surface area contributed by atoms with E-state index in [2.05, 4.69) is 0 Å². The molecule has 0 aliphatic heterocycles. The third-order valence-electron chi connectivity index (χ3n) is 1.65. The molecule has 0 saturated heterocycles. The van der Waals surface area contributed by atoms with Crippen LogP contribution in [0.3, 0.4) is 0 Å². The molecular formula is C6H10N2. The fourth-order valence-corrected chi connectivity index (χ4v) is 1.12. The van der Waals surface area contributed by atoms with Crippen molar-refractivity contribution in [3.05, 3.63) is 0 Å². The van der Waals surface area contributed by atoms with Crippen molar-refractivity contribution in [2.75, 3.05) is 0 Å². The van der Waals surface area contributed by atoms with Crippen molar-refractivity contribution < 1.29 is 0 Å². The van der Waals surface area contributed by atoms with Gasteiger partial charge in [-0.1, -0.05) is 19.3 Å². The lowest BCUT2D eigenvalue weighted by molar-refractivity contribution is 0.284. The molecule has 0 aromatic heterocycles. The zero-order valence-electron chi connectivity index (χ0n) is 4.93. The summed E-state index contributed by atoms with van der Waals surface area (Å²) in [4.78, 5) is 0. The predicted octanol–water partition coefficient (Wildman–Crippen LogP) is 0.784. The lowest BCUT2D eigenvalue weighted by Crippen LogP contribution is -2.34. The van der Waals surface area contributed by atoms with Gasteiger partial charge in [-0.15, -0.1) is 11.5 Å². The van der Waals surface area contributed by atoms with Gasteiger partial charge in [0.2, 0.25) is 0 Å². The first-order chi connectivity index (χ1) is 3.71. The van der Waals surface area contributed by atoms with E-state index >= 15 is 0 Å². The minimum Gasteiger partial charge on any atom is -0.117 e. The highest BCUT2D eigenvalue weighted by Crippen LogP contribution is 2.23. The number of nitrogens with zero attached hydrogens (tertiary/aromatic N) is 2. The first kappa shape index (κ1) is 6.05. The molecule has 0 atom stereocenters. The van der Waals surface area contributed by atoms with Crippen LogP contribution in [-0.4, -0.2) is 5.66 Å². The standard InChI is InChI=1S/C6H10N2/c7-6(8)4-2-1-3-5-6/h1-5H2. The van der Waals surface area contributed by atoms with Crippen molar-refractivity contribution in [2.24, 2.45) is 0 Å². The average molecular weight is 110 g/mol. The van der Waals surface area contributed by atoms with Gasteiger partial charge in [0.1, 0.15) is 5.66 Å². The van der Waals surface area contributed by atoms with Gasteiger partial charge in [-0.05, 0) is 12.8 Å². The minimum absolute atomic E-state index is 0.562. The Labute approximate surface area is 50.2 Å². The maximum atomic E-state index is 8.93. The molecule has 4 radical (unpaired) electrons. The summed E-state index contributed by atoms with van der Waals surface area (Å²) >= 11 is 0. The van der Waals surface area contributed by atoms with Crippen molar-refractivity contribution in [1.82, 2.24) is 11.5 Å². The molecule has 0 amide bonds. The van der Waals surface area contributed by atoms with E-state index in [-0.39, 0.29) is 0 Å². The average Bonchev–Trinajstić information content (AvgIpc) is 1.65. The molecule has 8 heavy (non-hydrogen) atoms. The summed E-state index contributed by atoms with van der Waals surface area (Å²) in [5, 5.41) is 0. The maximum absolute atomic E-state index is 8.93. The van der Waals surface area contributed by atoms with Gasteiger partial charge in [-0.25, -0.2) is 0 Å². The van der Waals surface area contributed by atoms with Crippen LogP contribution in [-0.2, 0) is 0 Å². The molecule has 0 aromatic carbocycles. The molecule has 0 unspecified atom stereocenters. The zero-order chi connectivity index (χ0) is 6.04. The van der Waals surface area contributed by atoms with Crippen LogP contribution >= 0.6 is 0 Å². The van der Waals surface area contributed by atoms with Crippen LogP contribution in [0.5, 0.6) is 0 Å².